The van der Waals surface area contributed by atoms with Crippen LogP contribution >= 0.6 is 22.7 Å². The maximum absolute atomic E-state index is 2.42. The average molecular weight is 501 g/mol. The van der Waals surface area contributed by atoms with E-state index in [0.29, 0.717) is 0 Å². The van der Waals surface area contributed by atoms with Gasteiger partial charge in [0, 0.05) is 30.3 Å². The van der Waals surface area contributed by atoms with Crippen LogP contribution in [0, 0.1) is 13.8 Å². The fourth-order valence-corrected chi connectivity index (χ4v) is 8.18. The lowest BCUT2D eigenvalue weighted by Gasteiger charge is -2.25. The van der Waals surface area contributed by atoms with Crippen molar-refractivity contribution in [2.75, 3.05) is 0 Å². The molecule has 0 bridgehead atoms. The van der Waals surface area contributed by atoms with Gasteiger partial charge in [-0.1, -0.05) is 72.8 Å². The second kappa shape index (κ2) is 8.73. The van der Waals surface area contributed by atoms with Gasteiger partial charge in [-0.05, 0) is 95.8 Å². The molecule has 7 rings (SSSR count). The van der Waals surface area contributed by atoms with Crippen LogP contribution in [0.15, 0.2) is 84.9 Å². The zero-order valence-electron chi connectivity index (χ0n) is 20.7. The highest BCUT2D eigenvalue weighted by molar-refractivity contribution is 7.20. The summed E-state index contributed by atoms with van der Waals surface area (Å²) in [5, 5.41) is 2.80. The number of hydrogen-bond acceptors (Lipinski definition) is 2. The first kappa shape index (κ1) is 22.0. The zero-order valence-corrected chi connectivity index (χ0v) is 22.4. The Morgan fingerprint density at radius 1 is 0.500 bits per heavy atom. The van der Waals surface area contributed by atoms with Crippen LogP contribution in [0.25, 0.3) is 42.4 Å². The van der Waals surface area contributed by atoms with Gasteiger partial charge in [-0.25, -0.2) is 0 Å². The smallest absolute Gasteiger partial charge is 0.0430 e. The van der Waals surface area contributed by atoms with E-state index in [1.54, 1.807) is 0 Å². The van der Waals surface area contributed by atoms with Crippen molar-refractivity contribution < 1.29 is 0 Å². The summed E-state index contributed by atoms with van der Waals surface area (Å²) in [6.45, 7) is 4.44. The van der Waals surface area contributed by atoms with E-state index < -0.39 is 0 Å². The molecule has 2 heteroatoms. The summed E-state index contributed by atoms with van der Waals surface area (Å²) in [5.74, 6) is 0. The summed E-state index contributed by atoms with van der Waals surface area (Å²) >= 11 is 4.00. The Labute approximate surface area is 220 Å². The van der Waals surface area contributed by atoms with Gasteiger partial charge in [-0.15, -0.1) is 22.7 Å². The highest BCUT2D eigenvalue weighted by Crippen LogP contribution is 2.56. The van der Waals surface area contributed by atoms with Gasteiger partial charge in [0.2, 0.25) is 0 Å². The van der Waals surface area contributed by atoms with Crippen molar-refractivity contribution in [3.05, 3.63) is 117 Å². The van der Waals surface area contributed by atoms with E-state index in [2.05, 4.69) is 98.8 Å². The summed E-state index contributed by atoms with van der Waals surface area (Å²) in [7, 11) is 0. The van der Waals surface area contributed by atoms with E-state index in [0.717, 1.165) is 25.7 Å². The predicted molar refractivity (Wildman–Crippen MR) is 159 cm³/mol. The second-order valence-electron chi connectivity index (χ2n) is 10.1. The molecule has 0 amide bonds. The summed E-state index contributed by atoms with van der Waals surface area (Å²) < 4.78 is 2.94. The summed E-state index contributed by atoms with van der Waals surface area (Å²) in [6.07, 6.45) is 4.44. The van der Waals surface area contributed by atoms with E-state index in [-0.39, 0.29) is 0 Å². The van der Waals surface area contributed by atoms with Gasteiger partial charge in [0.1, 0.15) is 0 Å². The molecule has 176 valence electrons. The normalized spacial score (nSPS) is 12.1. The molecular formula is C34H28S2. The third-order valence-electron chi connectivity index (χ3n) is 7.82. The van der Waals surface area contributed by atoms with Crippen LogP contribution in [0.2, 0.25) is 0 Å². The molecule has 0 fully saturated rings. The molecule has 0 radical (unpaired) electrons. The Morgan fingerprint density at radius 2 is 0.944 bits per heavy atom. The fraction of sp³-hybridized carbons (Fsp3) is 0.176. The maximum atomic E-state index is 2.42. The molecule has 1 aliphatic carbocycles. The first-order chi connectivity index (χ1) is 17.7. The average Bonchev–Trinajstić information content (AvgIpc) is 3.47. The maximum Gasteiger partial charge on any atom is 0.0430 e. The lowest BCUT2D eigenvalue weighted by molar-refractivity contribution is 0.969. The molecule has 4 aromatic carbocycles. The van der Waals surface area contributed by atoms with Crippen molar-refractivity contribution in [3.63, 3.8) is 0 Å². The fourth-order valence-electron chi connectivity index (χ4n) is 5.75. The molecule has 0 aliphatic heterocycles. The van der Waals surface area contributed by atoms with Crippen LogP contribution in [0.4, 0.5) is 0 Å². The van der Waals surface area contributed by atoms with Crippen LogP contribution in [-0.4, -0.2) is 0 Å². The Kier molecular flexibility index (Phi) is 5.34. The molecule has 0 saturated carbocycles. The summed E-state index contributed by atoms with van der Waals surface area (Å²) in [5.41, 5.74) is 11.6. The molecule has 2 heterocycles. The van der Waals surface area contributed by atoms with E-state index >= 15 is 0 Å². The molecule has 1 aliphatic rings. The van der Waals surface area contributed by atoms with Crippen molar-refractivity contribution in [1.29, 1.82) is 0 Å². The zero-order chi connectivity index (χ0) is 24.2. The van der Waals surface area contributed by atoms with E-state index in [9.17, 15) is 0 Å². The monoisotopic (exact) mass is 500 g/mol. The number of fused-ring (bicyclic) bond motifs is 8. The molecule has 6 aromatic rings. The van der Waals surface area contributed by atoms with Crippen molar-refractivity contribution in [2.45, 2.75) is 39.5 Å². The lowest BCUT2D eigenvalue weighted by atomic mass is 9.79. The van der Waals surface area contributed by atoms with Gasteiger partial charge < -0.3 is 0 Å². The Bertz CT molecular complexity index is 1620. The number of thiophene rings is 2. The third-order valence-corrected chi connectivity index (χ3v) is 10.3. The highest BCUT2D eigenvalue weighted by Gasteiger charge is 2.28. The van der Waals surface area contributed by atoms with Crippen LogP contribution < -0.4 is 0 Å². The molecule has 2 aromatic heterocycles. The Balaban J connectivity index is 1.18. The Morgan fingerprint density at radius 3 is 1.39 bits per heavy atom. The van der Waals surface area contributed by atoms with E-state index in [1.165, 1.54) is 74.4 Å². The van der Waals surface area contributed by atoms with Gasteiger partial charge in [-0.3, -0.25) is 0 Å². The molecule has 0 N–H and O–H groups in total. The van der Waals surface area contributed by atoms with Crippen molar-refractivity contribution in [1.82, 2.24) is 0 Å². The molecule has 36 heavy (non-hydrogen) atoms. The second-order valence-corrected chi connectivity index (χ2v) is 12.4. The summed E-state index contributed by atoms with van der Waals surface area (Å²) in [6, 6.07) is 31.8. The standard InChI is InChI=1S/C34H28S2/c1-21-7-3-5-9-23(21)11-15-27-19-25-13-17-29-31(33(25)35-27)30-18-14-26-20-28(36-34(26)32(29)30)16-12-24-10-6-4-8-22(24)2/h3-10,13-14,17-20H,11-12,15-16H2,1-2H3. The molecule has 0 spiro atoms. The largest absolute Gasteiger partial charge is 0.140 e. The minimum Gasteiger partial charge on any atom is -0.140 e. The van der Waals surface area contributed by atoms with Crippen molar-refractivity contribution >= 4 is 42.8 Å². The molecule has 0 saturated heterocycles. The number of aryl methyl sites for hydroxylation is 6. The van der Waals surface area contributed by atoms with Gasteiger partial charge >= 0.3 is 0 Å². The quantitative estimate of drug-likeness (QED) is 0.213. The van der Waals surface area contributed by atoms with Gasteiger partial charge in [-0.2, -0.15) is 0 Å². The van der Waals surface area contributed by atoms with Gasteiger partial charge in [0.15, 0.2) is 0 Å². The summed E-state index contributed by atoms with van der Waals surface area (Å²) in [4.78, 5) is 2.98. The minimum atomic E-state index is 1.11. The van der Waals surface area contributed by atoms with Crippen LogP contribution in [0.3, 0.4) is 0 Å². The number of rotatable bonds is 6. The SMILES string of the molecule is Cc1ccccc1CCc1cc2ccc3c(c2s1)-c1ccc2cc(CCc4ccccc4C)sc2c1-3. The van der Waals surface area contributed by atoms with E-state index in [4.69, 9.17) is 0 Å². The van der Waals surface area contributed by atoms with Crippen molar-refractivity contribution in [3.8, 4) is 22.3 Å². The first-order valence-electron chi connectivity index (χ1n) is 12.9. The highest BCUT2D eigenvalue weighted by atomic mass is 32.1. The first-order valence-corrected chi connectivity index (χ1v) is 14.5. The van der Waals surface area contributed by atoms with Crippen LogP contribution in [0.1, 0.15) is 32.0 Å². The van der Waals surface area contributed by atoms with E-state index in [1.807, 2.05) is 22.7 Å². The molecule has 0 atom stereocenters. The van der Waals surface area contributed by atoms with Crippen LogP contribution in [-0.2, 0) is 25.7 Å². The molecule has 0 unspecified atom stereocenters. The van der Waals surface area contributed by atoms with Gasteiger partial charge in [0.05, 0.1) is 0 Å². The number of hydrogen-bond donors (Lipinski definition) is 0. The predicted octanol–water partition coefficient (Wildman–Crippen LogP) is 9.95. The third kappa shape index (κ3) is 3.63. The topological polar surface area (TPSA) is 0 Å². The van der Waals surface area contributed by atoms with Gasteiger partial charge in [0.25, 0.3) is 0 Å². The minimum absolute atomic E-state index is 1.11. The number of benzene rings is 4. The lowest BCUT2D eigenvalue weighted by Crippen LogP contribution is -1.98. The van der Waals surface area contributed by atoms with Crippen LogP contribution in [0.5, 0.6) is 0 Å². The van der Waals surface area contributed by atoms with Crippen molar-refractivity contribution in [2.24, 2.45) is 0 Å². The molecular weight excluding hydrogens is 473 g/mol. The molecule has 0 nitrogen and oxygen atoms in total. The Hall–Kier alpha value is -3.20.